The van der Waals surface area contributed by atoms with E-state index in [2.05, 4.69) is 19.2 Å². The topological polar surface area (TPSA) is 21.3 Å². The summed E-state index contributed by atoms with van der Waals surface area (Å²) in [5.74, 6) is 1.71. The number of piperidine rings is 1. The zero-order valence-corrected chi connectivity index (χ0v) is 10.2. The molecule has 2 rings (SSSR count). The molecule has 2 nitrogen and oxygen atoms in total. The van der Waals surface area contributed by atoms with Crippen molar-refractivity contribution in [2.45, 2.75) is 58.2 Å². The van der Waals surface area contributed by atoms with E-state index in [1.807, 2.05) is 0 Å². The second kappa shape index (κ2) is 5.31. The maximum absolute atomic E-state index is 6.21. The van der Waals surface area contributed by atoms with Gasteiger partial charge in [0.2, 0.25) is 0 Å². The number of hydrogen-bond donors (Lipinski definition) is 1. The van der Waals surface area contributed by atoms with E-state index in [-0.39, 0.29) is 0 Å². The first-order valence-corrected chi connectivity index (χ1v) is 6.60. The van der Waals surface area contributed by atoms with E-state index in [1.165, 1.54) is 38.6 Å². The van der Waals surface area contributed by atoms with Crippen LogP contribution in [0.5, 0.6) is 0 Å². The van der Waals surface area contributed by atoms with Gasteiger partial charge in [0.25, 0.3) is 0 Å². The molecule has 0 radical (unpaired) electrons. The summed E-state index contributed by atoms with van der Waals surface area (Å²) in [5.41, 5.74) is 0. The predicted molar refractivity (Wildman–Crippen MR) is 62.9 cm³/mol. The Bertz CT molecular complexity index is 179. The highest BCUT2D eigenvalue weighted by Crippen LogP contribution is 2.31. The van der Waals surface area contributed by atoms with E-state index in [0.717, 1.165) is 18.4 Å². The predicted octanol–water partition coefficient (Wildman–Crippen LogP) is 2.58. The van der Waals surface area contributed by atoms with Gasteiger partial charge in [-0.05, 0) is 50.5 Å². The van der Waals surface area contributed by atoms with Gasteiger partial charge in [-0.25, -0.2) is 0 Å². The van der Waals surface area contributed by atoms with Crippen molar-refractivity contribution in [3.05, 3.63) is 0 Å². The first-order valence-electron chi connectivity index (χ1n) is 6.60. The zero-order chi connectivity index (χ0) is 10.7. The maximum atomic E-state index is 6.21. The van der Waals surface area contributed by atoms with Crippen molar-refractivity contribution in [2.24, 2.45) is 11.8 Å². The fourth-order valence-electron chi connectivity index (χ4n) is 3.19. The minimum Gasteiger partial charge on any atom is -0.374 e. The average Bonchev–Trinajstić information content (AvgIpc) is 2.17. The van der Waals surface area contributed by atoms with Crippen LogP contribution in [0.4, 0.5) is 0 Å². The van der Waals surface area contributed by atoms with Crippen LogP contribution in [-0.2, 0) is 4.74 Å². The van der Waals surface area contributed by atoms with E-state index < -0.39 is 0 Å². The smallest absolute Gasteiger partial charge is 0.0703 e. The SMILES string of the molecule is CC1CC(C)CC(O[C@H]2CCCNC2)C1. The fourth-order valence-corrected chi connectivity index (χ4v) is 3.19. The molecule has 1 saturated carbocycles. The first kappa shape index (κ1) is 11.4. The molecule has 1 aliphatic heterocycles. The van der Waals surface area contributed by atoms with E-state index in [0.29, 0.717) is 12.2 Å². The Morgan fingerprint density at radius 1 is 1.00 bits per heavy atom. The van der Waals surface area contributed by atoms with E-state index in [1.54, 1.807) is 0 Å². The molecule has 1 heterocycles. The zero-order valence-electron chi connectivity index (χ0n) is 10.2. The van der Waals surface area contributed by atoms with Gasteiger partial charge in [0.1, 0.15) is 0 Å². The molecule has 0 bridgehead atoms. The molecule has 15 heavy (non-hydrogen) atoms. The van der Waals surface area contributed by atoms with E-state index >= 15 is 0 Å². The molecule has 2 unspecified atom stereocenters. The van der Waals surface area contributed by atoms with Crippen LogP contribution in [0.3, 0.4) is 0 Å². The third kappa shape index (κ3) is 3.46. The van der Waals surface area contributed by atoms with Gasteiger partial charge in [-0.1, -0.05) is 13.8 Å². The number of ether oxygens (including phenoxy) is 1. The van der Waals surface area contributed by atoms with Crippen molar-refractivity contribution >= 4 is 0 Å². The lowest BCUT2D eigenvalue weighted by Crippen LogP contribution is -2.39. The number of nitrogens with one attached hydrogen (secondary N) is 1. The standard InChI is InChI=1S/C13H25NO/c1-10-6-11(2)8-13(7-10)15-12-4-3-5-14-9-12/h10-14H,3-9H2,1-2H3/t10?,11?,12-,13?/m0/s1. The number of rotatable bonds is 2. The third-order valence-corrected chi connectivity index (χ3v) is 3.77. The molecule has 0 amide bonds. The van der Waals surface area contributed by atoms with Gasteiger partial charge < -0.3 is 10.1 Å². The van der Waals surface area contributed by atoms with Gasteiger partial charge in [0, 0.05) is 6.54 Å². The largest absolute Gasteiger partial charge is 0.374 e. The molecule has 2 fully saturated rings. The van der Waals surface area contributed by atoms with E-state index in [9.17, 15) is 0 Å². The molecular weight excluding hydrogens is 186 g/mol. The Morgan fingerprint density at radius 2 is 1.73 bits per heavy atom. The second-order valence-corrected chi connectivity index (χ2v) is 5.64. The van der Waals surface area contributed by atoms with Gasteiger partial charge in [-0.15, -0.1) is 0 Å². The summed E-state index contributed by atoms with van der Waals surface area (Å²) in [6.45, 7) is 6.98. The van der Waals surface area contributed by atoms with Crippen LogP contribution in [0.2, 0.25) is 0 Å². The van der Waals surface area contributed by atoms with Crippen molar-refractivity contribution < 1.29 is 4.74 Å². The lowest BCUT2D eigenvalue weighted by Gasteiger charge is -2.35. The Kier molecular flexibility index (Phi) is 4.04. The second-order valence-electron chi connectivity index (χ2n) is 5.64. The van der Waals surface area contributed by atoms with Gasteiger partial charge in [-0.3, -0.25) is 0 Å². The summed E-state index contributed by atoms with van der Waals surface area (Å²) in [6, 6.07) is 0. The molecule has 2 heteroatoms. The summed E-state index contributed by atoms with van der Waals surface area (Å²) in [6.07, 6.45) is 7.51. The summed E-state index contributed by atoms with van der Waals surface area (Å²) in [4.78, 5) is 0. The van der Waals surface area contributed by atoms with Crippen LogP contribution < -0.4 is 5.32 Å². The monoisotopic (exact) mass is 211 g/mol. The summed E-state index contributed by atoms with van der Waals surface area (Å²) < 4.78 is 6.21. The quantitative estimate of drug-likeness (QED) is 0.758. The third-order valence-electron chi connectivity index (χ3n) is 3.77. The minimum atomic E-state index is 0.487. The molecule has 2 aliphatic rings. The van der Waals surface area contributed by atoms with Crippen LogP contribution in [-0.4, -0.2) is 25.3 Å². The van der Waals surface area contributed by atoms with Crippen LogP contribution >= 0.6 is 0 Å². The van der Waals surface area contributed by atoms with Crippen molar-refractivity contribution in [1.29, 1.82) is 0 Å². The lowest BCUT2D eigenvalue weighted by atomic mass is 9.81. The molecule has 0 spiro atoms. The van der Waals surface area contributed by atoms with Crippen molar-refractivity contribution in [3.8, 4) is 0 Å². The molecule has 3 atom stereocenters. The van der Waals surface area contributed by atoms with Crippen molar-refractivity contribution in [2.75, 3.05) is 13.1 Å². The Balaban J connectivity index is 1.77. The van der Waals surface area contributed by atoms with Crippen LogP contribution in [0.1, 0.15) is 46.0 Å². The van der Waals surface area contributed by atoms with E-state index in [4.69, 9.17) is 4.74 Å². The molecule has 0 aromatic heterocycles. The molecule has 1 N–H and O–H groups in total. The normalized spacial score (nSPS) is 42.8. The molecular formula is C13H25NO. The molecule has 1 saturated heterocycles. The van der Waals surface area contributed by atoms with Crippen LogP contribution in [0.25, 0.3) is 0 Å². The summed E-state index contributed by atoms with van der Waals surface area (Å²) in [7, 11) is 0. The Hall–Kier alpha value is -0.0800. The van der Waals surface area contributed by atoms with Crippen LogP contribution in [0, 0.1) is 11.8 Å². The first-order chi connectivity index (χ1) is 7.24. The molecule has 0 aromatic carbocycles. The molecule has 1 aliphatic carbocycles. The average molecular weight is 211 g/mol. The van der Waals surface area contributed by atoms with Crippen molar-refractivity contribution in [3.63, 3.8) is 0 Å². The Morgan fingerprint density at radius 3 is 2.33 bits per heavy atom. The summed E-state index contributed by atoms with van der Waals surface area (Å²) in [5, 5.41) is 3.42. The summed E-state index contributed by atoms with van der Waals surface area (Å²) >= 11 is 0. The van der Waals surface area contributed by atoms with Gasteiger partial charge in [0.05, 0.1) is 12.2 Å². The fraction of sp³-hybridized carbons (Fsp3) is 1.00. The maximum Gasteiger partial charge on any atom is 0.0703 e. The van der Waals surface area contributed by atoms with Crippen molar-refractivity contribution in [1.82, 2.24) is 5.32 Å². The van der Waals surface area contributed by atoms with Crippen LogP contribution in [0.15, 0.2) is 0 Å². The highest BCUT2D eigenvalue weighted by Gasteiger charge is 2.27. The Labute approximate surface area is 93.8 Å². The highest BCUT2D eigenvalue weighted by atomic mass is 16.5. The van der Waals surface area contributed by atoms with Gasteiger partial charge >= 0.3 is 0 Å². The molecule has 0 aromatic rings. The lowest BCUT2D eigenvalue weighted by molar-refractivity contribution is -0.0562. The van der Waals surface area contributed by atoms with Gasteiger partial charge in [-0.2, -0.15) is 0 Å². The molecule has 88 valence electrons. The highest BCUT2D eigenvalue weighted by molar-refractivity contribution is 4.78. The minimum absolute atomic E-state index is 0.487. The van der Waals surface area contributed by atoms with Gasteiger partial charge in [0.15, 0.2) is 0 Å². The number of hydrogen-bond acceptors (Lipinski definition) is 2.